The molecular formula is C19H26SSi. The van der Waals surface area contributed by atoms with Gasteiger partial charge in [0, 0.05) is 4.90 Å². The highest BCUT2D eigenvalue weighted by Crippen LogP contribution is 2.27. The molecule has 2 aromatic rings. The number of hydrogen-bond donors (Lipinski definition) is 1. The van der Waals surface area contributed by atoms with Gasteiger partial charge in [0.1, 0.15) is 0 Å². The van der Waals surface area contributed by atoms with E-state index in [4.69, 9.17) is 0 Å². The molecule has 0 radical (unpaired) electrons. The summed E-state index contributed by atoms with van der Waals surface area (Å²) in [5, 5.41) is 1.62. The molecule has 112 valence electrons. The Morgan fingerprint density at radius 3 is 1.95 bits per heavy atom. The second kappa shape index (κ2) is 7.86. The van der Waals surface area contributed by atoms with E-state index >= 15 is 0 Å². The van der Waals surface area contributed by atoms with Crippen LogP contribution in [0.4, 0.5) is 0 Å². The van der Waals surface area contributed by atoms with Crippen LogP contribution in [0.15, 0.2) is 59.5 Å². The van der Waals surface area contributed by atoms with Crippen LogP contribution in [0.3, 0.4) is 0 Å². The van der Waals surface area contributed by atoms with Crippen molar-refractivity contribution >= 4 is 25.9 Å². The minimum absolute atomic E-state index is 1.15. The van der Waals surface area contributed by atoms with Crippen LogP contribution >= 0.6 is 12.6 Å². The number of rotatable bonds is 7. The second-order valence-electron chi connectivity index (χ2n) is 5.95. The number of hydrogen-bond acceptors (Lipinski definition) is 1. The third kappa shape index (κ3) is 4.01. The van der Waals surface area contributed by atoms with Crippen molar-refractivity contribution in [3.05, 3.63) is 60.2 Å². The Balaban J connectivity index is 2.42. The van der Waals surface area contributed by atoms with Crippen molar-refractivity contribution in [3.8, 4) is 0 Å². The van der Waals surface area contributed by atoms with E-state index in [1.54, 1.807) is 5.19 Å². The zero-order chi connectivity index (χ0) is 15.1. The molecule has 0 unspecified atom stereocenters. The van der Waals surface area contributed by atoms with Crippen LogP contribution in [0.2, 0.25) is 12.1 Å². The smallest absolute Gasteiger partial charge is 0.0910 e. The largest absolute Gasteiger partial charge is 0.143 e. The Hall–Kier alpha value is -0.993. The maximum Gasteiger partial charge on any atom is 0.0910 e. The van der Waals surface area contributed by atoms with E-state index in [1.807, 2.05) is 0 Å². The molecule has 2 rings (SSSR count). The van der Waals surface area contributed by atoms with Gasteiger partial charge in [-0.25, -0.2) is 0 Å². The van der Waals surface area contributed by atoms with Gasteiger partial charge in [-0.05, 0) is 17.7 Å². The van der Waals surface area contributed by atoms with Crippen molar-refractivity contribution in [2.24, 2.45) is 0 Å². The average Bonchev–Trinajstić information content (AvgIpc) is 2.51. The van der Waals surface area contributed by atoms with Gasteiger partial charge in [-0.1, -0.05) is 92.5 Å². The summed E-state index contributed by atoms with van der Waals surface area (Å²) >= 11 is 4.68. The van der Waals surface area contributed by atoms with Crippen LogP contribution in [0.25, 0.3) is 0 Å². The Labute approximate surface area is 136 Å². The fraction of sp³-hybridized carbons (Fsp3) is 0.368. The molecule has 0 aliphatic carbocycles. The maximum atomic E-state index is 4.68. The Bertz CT molecular complexity index is 545. The normalized spacial score (nSPS) is 11.6. The molecule has 2 heteroatoms. The van der Waals surface area contributed by atoms with Gasteiger partial charge in [0.2, 0.25) is 0 Å². The zero-order valence-corrected chi connectivity index (χ0v) is 15.1. The van der Waals surface area contributed by atoms with Crippen molar-refractivity contribution in [3.63, 3.8) is 0 Å². The Kier molecular flexibility index (Phi) is 6.13. The van der Waals surface area contributed by atoms with Gasteiger partial charge in [0.05, 0.1) is 8.07 Å². The quantitative estimate of drug-likeness (QED) is 0.525. The van der Waals surface area contributed by atoms with Gasteiger partial charge < -0.3 is 0 Å². The highest BCUT2D eigenvalue weighted by molar-refractivity contribution is 7.80. The zero-order valence-electron chi connectivity index (χ0n) is 13.2. The summed E-state index contributed by atoms with van der Waals surface area (Å²) in [7, 11) is -1.49. The van der Waals surface area contributed by atoms with Gasteiger partial charge in [0.15, 0.2) is 0 Å². The van der Waals surface area contributed by atoms with Gasteiger partial charge in [-0.3, -0.25) is 0 Å². The molecule has 0 nitrogen and oxygen atoms in total. The predicted octanol–water partition coefficient (Wildman–Crippen LogP) is 5.23. The molecule has 0 bridgehead atoms. The minimum Gasteiger partial charge on any atom is -0.143 e. The summed E-state index contributed by atoms with van der Waals surface area (Å²) < 4.78 is 0. The molecule has 0 saturated carbocycles. The highest BCUT2D eigenvalue weighted by atomic mass is 32.1. The molecular weight excluding hydrogens is 288 g/mol. The van der Waals surface area contributed by atoms with Crippen LogP contribution in [0.1, 0.15) is 32.3 Å². The Morgan fingerprint density at radius 2 is 1.38 bits per heavy atom. The third-order valence-electron chi connectivity index (χ3n) is 4.36. The van der Waals surface area contributed by atoms with Crippen molar-refractivity contribution < 1.29 is 0 Å². The first-order chi connectivity index (χ1) is 10.2. The maximum absolute atomic E-state index is 4.68. The summed E-state index contributed by atoms with van der Waals surface area (Å²) in [6.07, 6.45) is 2.55. The molecule has 0 heterocycles. The van der Waals surface area contributed by atoms with Crippen LogP contribution in [-0.2, 0) is 6.04 Å². The summed E-state index contributed by atoms with van der Waals surface area (Å²) in [6, 6.07) is 23.8. The minimum atomic E-state index is -1.49. The standard InChI is InChI=1S/C19H26SSi/c1-3-14-21(15-4-2,18-11-6-5-7-12-18)16-17-10-8-9-13-19(17)20/h5-13,20H,3-4,14-16H2,1-2H3. The molecule has 21 heavy (non-hydrogen) atoms. The summed E-state index contributed by atoms with van der Waals surface area (Å²) in [4.78, 5) is 1.15. The average molecular weight is 315 g/mol. The lowest BCUT2D eigenvalue weighted by molar-refractivity contribution is 0.964. The molecule has 0 aliphatic rings. The SMILES string of the molecule is CCC[Si](CCC)(Cc1ccccc1S)c1ccccc1. The number of benzene rings is 2. The van der Waals surface area contributed by atoms with Gasteiger partial charge in [0.25, 0.3) is 0 Å². The summed E-state index contributed by atoms with van der Waals surface area (Å²) in [6.45, 7) is 4.65. The molecule has 0 atom stereocenters. The lowest BCUT2D eigenvalue weighted by Crippen LogP contribution is -2.50. The number of thiol groups is 1. The van der Waals surface area contributed by atoms with E-state index in [-0.39, 0.29) is 0 Å². The first-order valence-corrected chi connectivity index (χ1v) is 11.1. The summed E-state index contributed by atoms with van der Waals surface area (Å²) in [5.74, 6) is 0. The van der Waals surface area contributed by atoms with Gasteiger partial charge >= 0.3 is 0 Å². The monoisotopic (exact) mass is 314 g/mol. The van der Waals surface area contributed by atoms with E-state index in [0.29, 0.717) is 0 Å². The molecule has 0 aromatic heterocycles. The van der Waals surface area contributed by atoms with Crippen LogP contribution in [0, 0.1) is 0 Å². The van der Waals surface area contributed by atoms with Gasteiger partial charge in [-0.15, -0.1) is 12.6 Å². The highest BCUT2D eigenvalue weighted by Gasteiger charge is 2.33. The molecule has 0 fully saturated rings. The van der Waals surface area contributed by atoms with E-state index in [9.17, 15) is 0 Å². The summed E-state index contributed by atoms with van der Waals surface area (Å²) in [5.41, 5.74) is 1.43. The predicted molar refractivity (Wildman–Crippen MR) is 99.4 cm³/mol. The third-order valence-corrected chi connectivity index (χ3v) is 10.3. The van der Waals surface area contributed by atoms with E-state index in [1.165, 1.54) is 36.5 Å². The first-order valence-electron chi connectivity index (χ1n) is 8.04. The molecule has 0 aliphatic heterocycles. The molecule has 0 spiro atoms. The second-order valence-corrected chi connectivity index (χ2v) is 10.9. The topological polar surface area (TPSA) is 0 Å². The Morgan fingerprint density at radius 1 is 0.810 bits per heavy atom. The fourth-order valence-corrected chi connectivity index (χ4v) is 9.09. The lowest BCUT2D eigenvalue weighted by atomic mass is 10.2. The van der Waals surface area contributed by atoms with Crippen LogP contribution < -0.4 is 5.19 Å². The first kappa shape index (κ1) is 16.4. The van der Waals surface area contributed by atoms with Crippen molar-refractivity contribution in [1.82, 2.24) is 0 Å². The van der Waals surface area contributed by atoms with E-state index < -0.39 is 8.07 Å². The van der Waals surface area contributed by atoms with Crippen molar-refractivity contribution in [1.29, 1.82) is 0 Å². The van der Waals surface area contributed by atoms with Crippen molar-refractivity contribution in [2.75, 3.05) is 0 Å². The molecule has 0 N–H and O–H groups in total. The molecule has 2 aromatic carbocycles. The van der Waals surface area contributed by atoms with E-state index in [0.717, 1.165) is 4.90 Å². The van der Waals surface area contributed by atoms with Crippen LogP contribution in [0.5, 0.6) is 0 Å². The van der Waals surface area contributed by atoms with Crippen molar-refractivity contribution in [2.45, 2.75) is 49.7 Å². The van der Waals surface area contributed by atoms with E-state index in [2.05, 4.69) is 81.1 Å². The lowest BCUT2D eigenvalue weighted by Gasteiger charge is -2.33. The van der Waals surface area contributed by atoms with Gasteiger partial charge in [-0.2, -0.15) is 0 Å². The fourth-order valence-electron chi connectivity index (χ4n) is 3.47. The molecule has 0 amide bonds. The molecule has 0 saturated heterocycles. The van der Waals surface area contributed by atoms with Crippen LogP contribution in [-0.4, -0.2) is 8.07 Å².